The van der Waals surface area contributed by atoms with Crippen LogP contribution in [0.3, 0.4) is 0 Å². The summed E-state index contributed by atoms with van der Waals surface area (Å²) in [6, 6.07) is 6.57. The highest BCUT2D eigenvalue weighted by molar-refractivity contribution is 5.82. The molecule has 1 saturated carbocycles. The van der Waals surface area contributed by atoms with Crippen LogP contribution in [0.1, 0.15) is 46.5 Å². The van der Waals surface area contributed by atoms with Gasteiger partial charge in [-0.25, -0.2) is 4.39 Å². The van der Waals surface area contributed by atoms with E-state index in [1.165, 1.54) is 12.1 Å². The Labute approximate surface area is 179 Å². The minimum Gasteiger partial charge on any atom is -0.369 e. The number of benzene rings is 1. The van der Waals surface area contributed by atoms with Crippen LogP contribution in [-0.2, 0) is 9.59 Å². The summed E-state index contributed by atoms with van der Waals surface area (Å²) in [6.07, 6.45) is 3.51. The second-order valence-electron chi connectivity index (χ2n) is 8.91. The number of carbonyl (C=O) groups excluding carboxylic acids is 2. The Morgan fingerprint density at radius 3 is 2.33 bits per heavy atom. The van der Waals surface area contributed by atoms with Crippen LogP contribution in [0.2, 0.25) is 0 Å². The molecule has 7 heteroatoms. The zero-order valence-electron chi connectivity index (χ0n) is 18.4. The molecule has 30 heavy (non-hydrogen) atoms. The molecule has 1 aliphatic carbocycles. The molecule has 2 fully saturated rings. The smallest absolute Gasteiger partial charge is 0.237 e. The number of nitrogens with one attached hydrogen (secondary N) is 2. The number of hydrogen-bond acceptors (Lipinski definition) is 4. The highest BCUT2D eigenvalue weighted by Gasteiger charge is 2.31. The lowest BCUT2D eigenvalue weighted by atomic mass is 9.85. The summed E-state index contributed by atoms with van der Waals surface area (Å²) in [5.41, 5.74) is 1.01. The monoisotopic (exact) mass is 418 g/mol. The molecular weight excluding hydrogens is 383 g/mol. The topological polar surface area (TPSA) is 64.7 Å². The van der Waals surface area contributed by atoms with Gasteiger partial charge in [0.2, 0.25) is 11.8 Å². The summed E-state index contributed by atoms with van der Waals surface area (Å²) in [4.78, 5) is 29.6. The van der Waals surface area contributed by atoms with Gasteiger partial charge in [0.25, 0.3) is 0 Å². The molecular formula is C23H35FN4O2. The van der Waals surface area contributed by atoms with E-state index >= 15 is 0 Å². The first-order valence-electron chi connectivity index (χ1n) is 11.2. The third-order valence-electron chi connectivity index (χ3n) is 6.26. The molecule has 1 heterocycles. The van der Waals surface area contributed by atoms with Gasteiger partial charge in [-0.2, -0.15) is 0 Å². The number of carbonyl (C=O) groups is 2. The molecule has 1 aromatic rings. The number of anilines is 1. The highest BCUT2D eigenvalue weighted by atomic mass is 19.1. The van der Waals surface area contributed by atoms with E-state index in [-0.39, 0.29) is 41.7 Å². The molecule has 2 amide bonds. The predicted molar refractivity (Wildman–Crippen MR) is 117 cm³/mol. The molecule has 3 rings (SSSR count). The van der Waals surface area contributed by atoms with Crippen molar-refractivity contribution in [3.05, 3.63) is 30.1 Å². The third kappa shape index (κ3) is 5.94. The Balaban J connectivity index is 1.46. The number of piperazine rings is 1. The maximum atomic E-state index is 13.1. The van der Waals surface area contributed by atoms with Crippen LogP contribution in [0.25, 0.3) is 0 Å². The Morgan fingerprint density at radius 1 is 1.03 bits per heavy atom. The van der Waals surface area contributed by atoms with Gasteiger partial charge in [0.1, 0.15) is 5.82 Å². The second kappa shape index (κ2) is 10.2. The third-order valence-corrected chi connectivity index (χ3v) is 6.26. The van der Waals surface area contributed by atoms with Gasteiger partial charge in [0.05, 0.1) is 6.04 Å². The fraction of sp³-hybridized carbons (Fsp3) is 0.652. The molecule has 0 radical (unpaired) electrons. The van der Waals surface area contributed by atoms with Crippen LogP contribution < -0.4 is 15.5 Å². The molecule has 2 aliphatic rings. The first-order valence-corrected chi connectivity index (χ1v) is 11.2. The maximum absolute atomic E-state index is 13.1. The van der Waals surface area contributed by atoms with Crippen LogP contribution in [0, 0.1) is 11.7 Å². The van der Waals surface area contributed by atoms with E-state index in [0.29, 0.717) is 0 Å². The lowest BCUT2D eigenvalue weighted by molar-refractivity contribution is -0.130. The largest absolute Gasteiger partial charge is 0.369 e. The van der Waals surface area contributed by atoms with E-state index in [9.17, 15) is 14.0 Å². The summed E-state index contributed by atoms with van der Waals surface area (Å²) in [5.74, 6) is -0.0932. The van der Waals surface area contributed by atoms with E-state index in [1.54, 1.807) is 12.1 Å². The van der Waals surface area contributed by atoms with Crippen molar-refractivity contribution in [2.24, 2.45) is 5.92 Å². The van der Waals surface area contributed by atoms with E-state index < -0.39 is 0 Å². The molecule has 1 aliphatic heterocycles. The van der Waals surface area contributed by atoms with Gasteiger partial charge in [-0.1, -0.05) is 6.42 Å². The van der Waals surface area contributed by atoms with Crippen molar-refractivity contribution < 1.29 is 14.0 Å². The highest BCUT2D eigenvalue weighted by Crippen LogP contribution is 2.25. The zero-order chi connectivity index (χ0) is 21.7. The fourth-order valence-electron chi connectivity index (χ4n) is 4.47. The maximum Gasteiger partial charge on any atom is 0.237 e. The summed E-state index contributed by atoms with van der Waals surface area (Å²) >= 11 is 0. The van der Waals surface area contributed by atoms with Gasteiger partial charge < -0.3 is 15.5 Å². The molecule has 3 unspecified atom stereocenters. The quantitative estimate of drug-likeness (QED) is 0.745. The Kier molecular flexibility index (Phi) is 7.69. The van der Waals surface area contributed by atoms with Gasteiger partial charge in [-0.05, 0) is 64.3 Å². The molecule has 0 aromatic heterocycles. The van der Waals surface area contributed by atoms with E-state index in [1.807, 2.05) is 20.8 Å². The average Bonchev–Trinajstić information content (AvgIpc) is 2.73. The molecule has 3 atom stereocenters. The fourth-order valence-corrected chi connectivity index (χ4v) is 4.47. The Hall–Kier alpha value is -2.15. The normalized spacial score (nSPS) is 23.8. The first kappa shape index (κ1) is 22.5. The summed E-state index contributed by atoms with van der Waals surface area (Å²) in [6.45, 7) is 9.09. The SMILES string of the molecule is CC(C)NC(=O)C1CCCC(NC(=O)C(C)N2CCN(c3ccc(F)cc3)CC2)C1. The van der Waals surface area contributed by atoms with Crippen LogP contribution in [0.5, 0.6) is 0 Å². The number of hydrogen-bond donors (Lipinski definition) is 2. The van der Waals surface area contributed by atoms with Crippen LogP contribution in [-0.4, -0.2) is 61.0 Å². The minimum atomic E-state index is -0.227. The summed E-state index contributed by atoms with van der Waals surface area (Å²) < 4.78 is 13.1. The van der Waals surface area contributed by atoms with Crippen molar-refractivity contribution in [1.29, 1.82) is 0 Å². The van der Waals surface area contributed by atoms with Crippen molar-refractivity contribution in [2.75, 3.05) is 31.1 Å². The lowest BCUT2D eigenvalue weighted by Gasteiger charge is -2.39. The predicted octanol–water partition coefficient (Wildman–Crippen LogP) is 2.54. The Bertz CT molecular complexity index is 716. The summed E-state index contributed by atoms with van der Waals surface area (Å²) in [7, 11) is 0. The molecule has 166 valence electrons. The molecule has 1 saturated heterocycles. The van der Waals surface area contributed by atoms with Crippen LogP contribution in [0.15, 0.2) is 24.3 Å². The lowest BCUT2D eigenvalue weighted by Crippen LogP contribution is -2.55. The molecule has 0 bridgehead atoms. The first-order chi connectivity index (χ1) is 14.3. The van der Waals surface area contributed by atoms with Gasteiger partial charge in [0, 0.05) is 49.9 Å². The van der Waals surface area contributed by atoms with Gasteiger partial charge >= 0.3 is 0 Å². The standard InChI is InChI=1S/C23H35FN4O2/c1-16(2)25-23(30)18-5-4-6-20(15-18)26-22(29)17(3)27-11-13-28(14-12-27)21-9-7-19(24)8-10-21/h7-10,16-18,20H,4-6,11-15H2,1-3H3,(H,25,30)(H,26,29). The molecule has 0 spiro atoms. The van der Waals surface area contributed by atoms with Crippen molar-refractivity contribution in [1.82, 2.24) is 15.5 Å². The van der Waals surface area contributed by atoms with Crippen molar-refractivity contribution in [3.63, 3.8) is 0 Å². The Morgan fingerprint density at radius 2 is 1.70 bits per heavy atom. The average molecular weight is 419 g/mol. The van der Waals surface area contributed by atoms with Crippen LogP contribution >= 0.6 is 0 Å². The van der Waals surface area contributed by atoms with E-state index in [0.717, 1.165) is 57.5 Å². The van der Waals surface area contributed by atoms with E-state index in [2.05, 4.69) is 20.4 Å². The number of amides is 2. The van der Waals surface area contributed by atoms with Gasteiger partial charge in [-0.3, -0.25) is 14.5 Å². The molecule has 1 aromatic carbocycles. The number of nitrogens with zero attached hydrogens (tertiary/aromatic N) is 2. The zero-order valence-corrected chi connectivity index (χ0v) is 18.4. The number of rotatable bonds is 6. The van der Waals surface area contributed by atoms with Crippen molar-refractivity contribution in [2.45, 2.75) is 64.6 Å². The second-order valence-corrected chi connectivity index (χ2v) is 8.91. The molecule has 2 N–H and O–H groups in total. The van der Waals surface area contributed by atoms with E-state index in [4.69, 9.17) is 0 Å². The van der Waals surface area contributed by atoms with Gasteiger partial charge in [0.15, 0.2) is 0 Å². The van der Waals surface area contributed by atoms with Gasteiger partial charge in [-0.15, -0.1) is 0 Å². The minimum absolute atomic E-state index is 0.0130. The van der Waals surface area contributed by atoms with Crippen molar-refractivity contribution in [3.8, 4) is 0 Å². The molecule has 6 nitrogen and oxygen atoms in total. The summed E-state index contributed by atoms with van der Waals surface area (Å²) in [5, 5.41) is 6.18. The number of halogens is 1. The van der Waals surface area contributed by atoms with Crippen LogP contribution in [0.4, 0.5) is 10.1 Å². The van der Waals surface area contributed by atoms with Crippen molar-refractivity contribution >= 4 is 17.5 Å².